The van der Waals surface area contributed by atoms with E-state index in [0.717, 1.165) is 12.8 Å². The smallest absolute Gasteiger partial charge is 0.297 e. The lowest BCUT2D eigenvalue weighted by Gasteiger charge is -2.15. The van der Waals surface area contributed by atoms with E-state index in [4.69, 9.17) is 23.2 Å². The van der Waals surface area contributed by atoms with Gasteiger partial charge in [-0.1, -0.05) is 48.7 Å². The second kappa shape index (κ2) is 6.50. The number of H-pyrrole nitrogens is 1. The Bertz CT molecular complexity index is 765. The highest BCUT2D eigenvalue weighted by Gasteiger charge is 2.18. The van der Waals surface area contributed by atoms with Crippen molar-refractivity contribution in [3.63, 3.8) is 0 Å². The van der Waals surface area contributed by atoms with Crippen LogP contribution in [0.15, 0.2) is 33.9 Å². The summed E-state index contributed by atoms with van der Waals surface area (Å²) in [5.41, 5.74) is -0.0309. The molecule has 1 aromatic carbocycles. The Labute approximate surface area is 132 Å². The standard InChI is InChI=1S/C15H16Cl2N2O2/c1-3-5-9(2)19-14(20)12(13(17)18-15(19)21)10-6-4-7-11(16)8-10/h4,6-9H,3,5H2,1-2H3,(H,18,21). The van der Waals surface area contributed by atoms with E-state index in [1.54, 1.807) is 24.3 Å². The van der Waals surface area contributed by atoms with Gasteiger partial charge in [0.25, 0.3) is 5.56 Å². The molecule has 1 unspecified atom stereocenters. The second-order valence-corrected chi connectivity index (χ2v) is 5.76. The largest absolute Gasteiger partial charge is 0.329 e. The van der Waals surface area contributed by atoms with Crippen LogP contribution < -0.4 is 11.2 Å². The summed E-state index contributed by atoms with van der Waals surface area (Å²) in [6, 6.07) is 6.64. The molecule has 0 aliphatic rings. The number of nitrogens with zero attached hydrogens (tertiary/aromatic N) is 1. The molecule has 2 rings (SSSR count). The molecule has 21 heavy (non-hydrogen) atoms. The van der Waals surface area contributed by atoms with Crippen LogP contribution in [0.3, 0.4) is 0 Å². The minimum absolute atomic E-state index is 0.0345. The molecule has 4 nitrogen and oxygen atoms in total. The van der Waals surface area contributed by atoms with Crippen molar-refractivity contribution in [2.24, 2.45) is 0 Å². The van der Waals surface area contributed by atoms with E-state index < -0.39 is 11.2 Å². The minimum atomic E-state index is -0.489. The van der Waals surface area contributed by atoms with Crippen molar-refractivity contribution in [1.82, 2.24) is 9.55 Å². The van der Waals surface area contributed by atoms with Crippen molar-refractivity contribution >= 4 is 23.2 Å². The number of aromatic nitrogens is 2. The molecular weight excluding hydrogens is 311 g/mol. The molecule has 0 saturated heterocycles. The molecule has 112 valence electrons. The number of benzene rings is 1. The van der Waals surface area contributed by atoms with Gasteiger partial charge in [0, 0.05) is 11.1 Å². The van der Waals surface area contributed by atoms with Crippen molar-refractivity contribution in [1.29, 1.82) is 0 Å². The van der Waals surface area contributed by atoms with Crippen LogP contribution in [0.4, 0.5) is 0 Å². The molecule has 0 saturated carbocycles. The van der Waals surface area contributed by atoms with Gasteiger partial charge in [0.1, 0.15) is 5.15 Å². The first-order valence-corrected chi connectivity index (χ1v) is 7.51. The zero-order chi connectivity index (χ0) is 15.6. The molecule has 1 aromatic heterocycles. The Kier molecular flexibility index (Phi) is 4.91. The second-order valence-electron chi connectivity index (χ2n) is 4.94. The molecule has 1 N–H and O–H groups in total. The van der Waals surface area contributed by atoms with Crippen LogP contribution >= 0.6 is 23.2 Å². The highest BCUT2D eigenvalue weighted by molar-refractivity contribution is 6.32. The molecule has 0 spiro atoms. The Morgan fingerprint density at radius 2 is 2.00 bits per heavy atom. The van der Waals surface area contributed by atoms with Crippen molar-refractivity contribution in [3.8, 4) is 11.1 Å². The van der Waals surface area contributed by atoms with Crippen molar-refractivity contribution in [3.05, 3.63) is 55.3 Å². The first-order chi connectivity index (χ1) is 9.95. The van der Waals surface area contributed by atoms with Crippen molar-refractivity contribution in [2.75, 3.05) is 0 Å². The molecule has 0 aliphatic carbocycles. The Morgan fingerprint density at radius 1 is 1.29 bits per heavy atom. The van der Waals surface area contributed by atoms with Crippen LogP contribution in [-0.2, 0) is 0 Å². The van der Waals surface area contributed by atoms with E-state index in [0.29, 0.717) is 10.6 Å². The van der Waals surface area contributed by atoms with Crippen LogP contribution in [0, 0.1) is 0 Å². The molecule has 1 heterocycles. The van der Waals surface area contributed by atoms with Gasteiger partial charge in [-0.25, -0.2) is 4.79 Å². The van der Waals surface area contributed by atoms with Gasteiger partial charge >= 0.3 is 5.69 Å². The maximum Gasteiger partial charge on any atom is 0.329 e. The summed E-state index contributed by atoms with van der Waals surface area (Å²) in [7, 11) is 0. The summed E-state index contributed by atoms with van der Waals surface area (Å²) in [4.78, 5) is 27.2. The summed E-state index contributed by atoms with van der Waals surface area (Å²) in [6.45, 7) is 3.85. The van der Waals surface area contributed by atoms with Gasteiger partial charge in [-0.2, -0.15) is 0 Å². The number of nitrogens with one attached hydrogen (secondary N) is 1. The number of hydrogen-bond donors (Lipinski definition) is 1. The predicted molar refractivity (Wildman–Crippen MR) is 86.4 cm³/mol. The van der Waals surface area contributed by atoms with E-state index in [1.807, 2.05) is 13.8 Å². The van der Waals surface area contributed by atoms with E-state index in [9.17, 15) is 9.59 Å². The van der Waals surface area contributed by atoms with Gasteiger partial charge in [-0.3, -0.25) is 14.3 Å². The third-order valence-electron chi connectivity index (χ3n) is 3.35. The molecule has 0 bridgehead atoms. The molecule has 1 atom stereocenters. The normalized spacial score (nSPS) is 12.4. The average Bonchev–Trinajstić information content (AvgIpc) is 2.38. The molecule has 0 aliphatic heterocycles. The molecule has 0 fully saturated rings. The lowest BCUT2D eigenvalue weighted by Crippen LogP contribution is -2.38. The van der Waals surface area contributed by atoms with Crippen molar-refractivity contribution in [2.45, 2.75) is 32.7 Å². The Balaban J connectivity index is 2.71. The zero-order valence-electron chi connectivity index (χ0n) is 11.8. The first kappa shape index (κ1) is 15.9. The van der Waals surface area contributed by atoms with Crippen LogP contribution in [-0.4, -0.2) is 9.55 Å². The van der Waals surface area contributed by atoms with Gasteiger partial charge in [0.15, 0.2) is 0 Å². The quantitative estimate of drug-likeness (QED) is 0.867. The summed E-state index contributed by atoms with van der Waals surface area (Å²) in [5, 5.41) is 0.537. The van der Waals surface area contributed by atoms with Crippen LogP contribution in [0.5, 0.6) is 0 Å². The first-order valence-electron chi connectivity index (χ1n) is 6.76. The van der Waals surface area contributed by atoms with Crippen LogP contribution in [0.2, 0.25) is 10.2 Å². The molecule has 0 radical (unpaired) electrons. The number of aromatic amines is 1. The number of hydrogen-bond acceptors (Lipinski definition) is 2. The van der Waals surface area contributed by atoms with Crippen molar-refractivity contribution < 1.29 is 0 Å². The number of rotatable bonds is 4. The number of halogens is 2. The summed E-state index contributed by atoms with van der Waals surface area (Å²) < 4.78 is 1.21. The zero-order valence-corrected chi connectivity index (χ0v) is 13.3. The van der Waals surface area contributed by atoms with E-state index in [-0.39, 0.29) is 16.8 Å². The highest BCUT2D eigenvalue weighted by Crippen LogP contribution is 2.24. The molecule has 0 amide bonds. The van der Waals surface area contributed by atoms with Crippen LogP contribution in [0.25, 0.3) is 11.1 Å². The average molecular weight is 327 g/mol. The monoisotopic (exact) mass is 326 g/mol. The highest BCUT2D eigenvalue weighted by atomic mass is 35.5. The molecular formula is C15H16Cl2N2O2. The summed E-state index contributed by atoms with van der Waals surface area (Å²) in [5.74, 6) is 0. The fraction of sp³-hybridized carbons (Fsp3) is 0.333. The van der Waals surface area contributed by atoms with Gasteiger partial charge in [0.2, 0.25) is 0 Å². The maximum atomic E-state index is 12.7. The van der Waals surface area contributed by atoms with E-state index >= 15 is 0 Å². The maximum absolute atomic E-state index is 12.7. The topological polar surface area (TPSA) is 54.9 Å². The third-order valence-corrected chi connectivity index (χ3v) is 3.87. The van der Waals surface area contributed by atoms with Gasteiger partial charge in [-0.05, 0) is 31.0 Å². The lowest BCUT2D eigenvalue weighted by molar-refractivity contribution is 0.466. The summed E-state index contributed by atoms with van der Waals surface area (Å²) >= 11 is 12.0. The summed E-state index contributed by atoms with van der Waals surface area (Å²) in [6.07, 6.45) is 1.61. The fourth-order valence-corrected chi connectivity index (χ4v) is 2.83. The lowest BCUT2D eigenvalue weighted by atomic mass is 10.1. The van der Waals surface area contributed by atoms with E-state index in [2.05, 4.69) is 4.98 Å². The Hall–Kier alpha value is -1.52. The van der Waals surface area contributed by atoms with Gasteiger partial charge in [-0.15, -0.1) is 0 Å². The third kappa shape index (κ3) is 3.22. The van der Waals surface area contributed by atoms with Crippen LogP contribution in [0.1, 0.15) is 32.7 Å². The predicted octanol–water partition coefficient (Wildman–Crippen LogP) is 3.87. The van der Waals surface area contributed by atoms with E-state index in [1.165, 1.54) is 4.57 Å². The van der Waals surface area contributed by atoms with Gasteiger partial charge < -0.3 is 0 Å². The molecule has 2 aromatic rings. The fourth-order valence-electron chi connectivity index (χ4n) is 2.36. The molecule has 6 heteroatoms. The van der Waals surface area contributed by atoms with Gasteiger partial charge in [0.05, 0.1) is 5.56 Å². The minimum Gasteiger partial charge on any atom is -0.297 e. The SMILES string of the molecule is CCCC(C)n1c(=O)[nH]c(Cl)c(-c2cccc(Cl)c2)c1=O. The Morgan fingerprint density at radius 3 is 2.62 bits per heavy atom.